The molecule has 0 bridgehead atoms. The average molecular weight is 440 g/mol. The Morgan fingerprint density at radius 1 is 0.381 bits per heavy atom. The third-order valence-electron chi connectivity index (χ3n) is 1.34. The third-order valence-corrected chi connectivity index (χ3v) is 12.1. The first-order valence-electron chi connectivity index (χ1n) is 6.89. The van der Waals surface area contributed by atoms with Gasteiger partial charge in [0.1, 0.15) is 0 Å². The summed E-state index contributed by atoms with van der Waals surface area (Å²) in [5.74, 6) is 0. The first-order valence-corrected chi connectivity index (χ1v) is 20.7. The Balaban J connectivity index is -0.0000000711. The van der Waals surface area contributed by atoms with Crippen LogP contribution in [0.5, 0.6) is 0 Å². The molecular formula is C12H36Cl2N2Si4Ti. The molecule has 0 unspecified atom stereocenters. The number of rotatable bonds is 4. The normalized spacial score (nSPS) is 12.0. The van der Waals surface area contributed by atoms with Crippen LogP contribution in [-0.4, -0.2) is 32.9 Å². The Hall–Kier alpha value is 2.08. The van der Waals surface area contributed by atoms with E-state index >= 15 is 0 Å². The van der Waals surface area contributed by atoms with Gasteiger partial charge >= 0.3 is 21.7 Å². The summed E-state index contributed by atoms with van der Waals surface area (Å²) in [4.78, 5) is 0. The van der Waals surface area contributed by atoms with Gasteiger partial charge in [0, 0.05) is 0 Å². The van der Waals surface area contributed by atoms with Gasteiger partial charge in [-0.05, 0) is 0 Å². The molecule has 0 aliphatic heterocycles. The van der Waals surface area contributed by atoms with Crippen LogP contribution in [0.25, 0.3) is 9.30 Å². The molecular weight excluding hydrogens is 403 g/mol. The molecule has 0 amide bonds. The largest absolute Gasteiger partial charge is 4.00 e. The van der Waals surface area contributed by atoms with Crippen LogP contribution in [-0.2, 0) is 21.7 Å². The molecule has 21 heavy (non-hydrogen) atoms. The Bertz CT molecular complexity index is 194. The first kappa shape index (κ1) is 34.4. The summed E-state index contributed by atoms with van der Waals surface area (Å²) in [5.41, 5.74) is 0. The van der Waals surface area contributed by atoms with Crippen molar-refractivity contribution in [1.82, 2.24) is 0 Å². The van der Waals surface area contributed by atoms with Crippen molar-refractivity contribution in [2.75, 3.05) is 0 Å². The van der Waals surface area contributed by atoms with Gasteiger partial charge in [-0.15, -0.1) is 0 Å². The number of halogens is 2. The summed E-state index contributed by atoms with van der Waals surface area (Å²) in [6.45, 7) is 27.6. The SMILES string of the molecule is C[Si](C)(C)[N-][Si](C)(C)C.C[Si](C)(C)[N-][Si](C)(C)C.[Cl-].[Cl-].[Ti+4]. The van der Waals surface area contributed by atoms with Crippen molar-refractivity contribution in [3.05, 3.63) is 9.30 Å². The summed E-state index contributed by atoms with van der Waals surface area (Å²) in [7, 11) is -4.42. The predicted octanol–water partition coefficient (Wildman–Crippen LogP) is 0.0653. The molecule has 128 valence electrons. The van der Waals surface area contributed by atoms with Gasteiger partial charge in [-0.25, -0.2) is 0 Å². The van der Waals surface area contributed by atoms with E-state index < -0.39 is 32.9 Å². The molecule has 0 radical (unpaired) electrons. The average Bonchev–Trinajstić information content (AvgIpc) is 1.64. The van der Waals surface area contributed by atoms with Crippen LogP contribution in [0.1, 0.15) is 0 Å². The molecule has 0 heterocycles. The van der Waals surface area contributed by atoms with Crippen molar-refractivity contribution in [3.8, 4) is 0 Å². The van der Waals surface area contributed by atoms with E-state index in [0.29, 0.717) is 0 Å². The Morgan fingerprint density at radius 2 is 0.476 bits per heavy atom. The van der Waals surface area contributed by atoms with Crippen LogP contribution in [0.4, 0.5) is 0 Å². The fourth-order valence-electron chi connectivity index (χ4n) is 2.01. The molecule has 0 saturated heterocycles. The van der Waals surface area contributed by atoms with Crippen LogP contribution in [0.2, 0.25) is 78.6 Å². The predicted molar refractivity (Wildman–Crippen MR) is 100 cm³/mol. The monoisotopic (exact) mass is 438 g/mol. The van der Waals surface area contributed by atoms with Crippen molar-refractivity contribution < 1.29 is 46.5 Å². The third kappa shape index (κ3) is 44.9. The Kier molecular flexibility index (Phi) is 20.4. The van der Waals surface area contributed by atoms with E-state index in [1.165, 1.54) is 0 Å². The van der Waals surface area contributed by atoms with E-state index in [0.717, 1.165) is 0 Å². The van der Waals surface area contributed by atoms with E-state index in [2.05, 4.69) is 78.6 Å². The zero-order valence-electron chi connectivity index (χ0n) is 16.2. The minimum absolute atomic E-state index is 0. The summed E-state index contributed by atoms with van der Waals surface area (Å²) in [6.07, 6.45) is 0. The smallest absolute Gasteiger partial charge is 1.00 e. The van der Waals surface area contributed by atoms with E-state index in [1.807, 2.05) is 0 Å². The zero-order chi connectivity index (χ0) is 15.4. The van der Waals surface area contributed by atoms with Gasteiger partial charge in [0.05, 0.1) is 0 Å². The van der Waals surface area contributed by atoms with Crippen molar-refractivity contribution >= 4 is 32.9 Å². The summed E-state index contributed by atoms with van der Waals surface area (Å²) in [6, 6.07) is 0. The van der Waals surface area contributed by atoms with Crippen molar-refractivity contribution in [2.45, 2.75) is 78.6 Å². The summed E-state index contributed by atoms with van der Waals surface area (Å²) < 4.78 is 9.64. The first-order chi connectivity index (χ1) is 7.41. The second-order valence-corrected chi connectivity index (χ2v) is 28.1. The van der Waals surface area contributed by atoms with Crippen molar-refractivity contribution in [2.24, 2.45) is 0 Å². The number of nitrogens with zero attached hydrogens (tertiary/aromatic N) is 2. The molecule has 9 heteroatoms. The fourth-order valence-corrected chi connectivity index (χ4v) is 18.1. The zero-order valence-corrected chi connectivity index (χ0v) is 23.2. The Morgan fingerprint density at radius 3 is 0.476 bits per heavy atom. The molecule has 0 N–H and O–H groups in total. The molecule has 0 spiro atoms. The number of hydrogen-bond donors (Lipinski definition) is 0. The molecule has 0 rings (SSSR count). The van der Waals surface area contributed by atoms with Gasteiger partial charge in [-0.1, -0.05) is 112 Å². The molecule has 0 fully saturated rings. The second kappa shape index (κ2) is 12.4. The van der Waals surface area contributed by atoms with Gasteiger partial charge in [0.15, 0.2) is 0 Å². The van der Waals surface area contributed by atoms with Crippen molar-refractivity contribution in [3.63, 3.8) is 0 Å². The van der Waals surface area contributed by atoms with Crippen LogP contribution in [0.15, 0.2) is 0 Å². The van der Waals surface area contributed by atoms with Gasteiger partial charge < -0.3 is 34.1 Å². The topological polar surface area (TPSA) is 28.2 Å². The van der Waals surface area contributed by atoms with E-state index in [4.69, 9.17) is 9.30 Å². The fraction of sp³-hybridized carbons (Fsp3) is 1.00. The standard InChI is InChI=1S/2C6H18NSi2.2ClH.Ti/c2*1-8(2,3)7-9(4,5)6;;;/h2*1-6H3;2*1H;/q2*-1;;;+4/p-2. The molecule has 0 atom stereocenters. The van der Waals surface area contributed by atoms with E-state index in [-0.39, 0.29) is 46.5 Å². The van der Waals surface area contributed by atoms with Crippen LogP contribution in [0.3, 0.4) is 0 Å². The molecule has 0 aliphatic carbocycles. The van der Waals surface area contributed by atoms with Gasteiger partial charge in [-0.2, -0.15) is 0 Å². The maximum atomic E-state index is 4.82. The minimum atomic E-state index is -1.11. The van der Waals surface area contributed by atoms with Gasteiger partial charge in [0.2, 0.25) is 0 Å². The molecule has 0 aromatic heterocycles. The maximum Gasteiger partial charge on any atom is 4.00 e. The van der Waals surface area contributed by atoms with Crippen LogP contribution in [0, 0.1) is 0 Å². The maximum absolute atomic E-state index is 4.82. The quantitative estimate of drug-likeness (QED) is 0.555. The molecule has 0 saturated carbocycles. The van der Waals surface area contributed by atoms with Crippen LogP contribution < -0.4 is 24.8 Å². The summed E-state index contributed by atoms with van der Waals surface area (Å²) >= 11 is 0. The number of hydrogen-bond acceptors (Lipinski definition) is 0. The van der Waals surface area contributed by atoms with Crippen LogP contribution >= 0.6 is 0 Å². The van der Waals surface area contributed by atoms with Crippen molar-refractivity contribution in [1.29, 1.82) is 0 Å². The molecule has 0 aromatic rings. The minimum Gasteiger partial charge on any atom is -1.00 e. The van der Waals surface area contributed by atoms with Gasteiger partial charge in [-0.3, -0.25) is 0 Å². The molecule has 0 aliphatic rings. The van der Waals surface area contributed by atoms with E-state index in [9.17, 15) is 0 Å². The summed E-state index contributed by atoms with van der Waals surface area (Å²) in [5, 5.41) is 0. The molecule has 2 nitrogen and oxygen atoms in total. The second-order valence-electron chi connectivity index (χ2n) is 8.91. The van der Waals surface area contributed by atoms with Gasteiger partial charge in [0.25, 0.3) is 0 Å². The van der Waals surface area contributed by atoms with E-state index in [1.54, 1.807) is 0 Å². The molecule has 0 aromatic carbocycles. The Labute approximate surface area is 166 Å².